The summed E-state index contributed by atoms with van der Waals surface area (Å²) in [5, 5.41) is 3.35. The van der Waals surface area contributed by atoms with E-state index >= 15 is 0 Å². The van der Waals surface area contributed by atoms with Gasteiger partial charge in [-0.3, -0.25) is 4.90 Å². The van der Waals surface area contributed by atoms with E-state index in [1.54, 1.807) is 11.3 Å². The molecule has 5 heteroatoms. The molecule has 0 bridgehead atoms. The molecule has 27 heavy (non-hydrogen) atoms. The lowest BCUT2D eigenvalue weighted by atomic mass is 9.69. The summed E-state index contributed by atoms with van der Waals surface area (Å²) in [5.74, 6) is 1.50. The van der Waals surface area contributed by atoms with Gasteiger partial charge in [0.2, 0.25) is 0 Å². The zero-order valence-electron chi connectivity index (χ0n) is 16.2. The van der Waals surface area contributed by atoms with Gasteiger partial charge in [0.25, 0.3) is 0 Å². The Morgan fingerprint density at radius 1 is 1.22 bits per heavy atom. The maximum atomic E-state index is 6.75. The summed E-state index contributed by atoms with van der Waals surface area (Å²) in [6, 6.07) is 8.51. The lowest BCUT2D eigenvalue weighted by molar-refractivity contribution is -0.170. The fraction of sp³-hybridized carbons (Fsp3) is 0.591. The Labute approximate surface area is 165 Å². The molecule has 2 aromatic rings. The minimum atomic E-state index is -0.0757. The van der Waals surface area contributed by atoms with Crippen LogP contribution >= 0.6 is 11.3 Å². The highest BCUT2D eigenvalue weighted by atomic mass is 32.1. The molecule has 3 aliphatic rings. The van der Waals surface area contributed by atoms with Crippen LogP contribution in [0.4, 0.5) is 0 Å². The summed E-state index contributed by atoms with van der Waals surface area (Å²) in [6.07, 6.45) is 5.00. The van der Waals surface area contributed by atoms with Crippen molar-refractivity contribution >= 4 is 11.3 Å². The van der Waals surface area contributed by atoms with E-state index in [-0.39, 0.29) is 11.7 Å². The van der Waals surface area contributed by atoms with Crippen molar-refractivity contribution in [2.45, 2.75) is 63.9 Å². The number of likely N-dealkylation sites (tertiary alicyclic amines) is 1. The number of aromatic nitrogens is 1. The summed E-state index contributed by atoms with van der Waals surface area (Å²) in [7, 11) is 0. The number of rotatable bonds is 2. The fourth-order valence-corrected chi connectivity index (χ4v) is 5.79. The molecule has 0 unspecified atom stereocenters. The van der Waals surface area contributed by atoms with E-state index in [0.29, 0.717) is 12.0 Å². The topological polar surface area (TPSA) is 34.6 Å². The molecule has 0 saturated carbocycles. The van der Waals surface area contributed by atoms with Gasteiger partial charge < -0.3 is 9.47 Å². The minimum absolute atomic E-state index is 0.0757. The van der Waals surface area contributed by atoms with Crippen LogP contribution in [0, 0.1) is 12.8 Å². The Kier molecular flexibility index (Phi) is 4.49. The maximum absolute atomic E-state index is 6.75. The van der Waals surface area contributed by atoms with Gasteiger partial charge in [-0.2, -0.15) is 0 Å². The second-order valence-corrected chi connectivity index (χ2v) is 9.45. The van der Waals surface area contributed by atoms with E-state index in [0.717, 1.165) is 49.7 Å². The quantitative estimate of drug-likeness (QED) is 0.749. The van der Waals surface area contributed by atoms with Crippen molar-refractivity contribution in [2.75, 3.05) is 13.1 Å². The highest BCUT2D eigenvalue weighted by Gasteiger charge is 2.53. The van der Waals surface area contributed by atoms with Gasteiger partial charge in [-0.25, -0.2) is 4.98 Å². The number of benzene rings is 1. The van der Waals surface area contributed by atoms with Crippen LogP contribution in [0.3, 0.4) is 0 Å². The van der Waals surface area contributed by atoms with Crippen molar-refractivity contribution in [3.05, 3.63) is 45.9 Å². The zero-order chi connectivity index (χ0) is 18.4. The Hall–Kier alpha value is -1.43. The molecule has 0 amide bonds. The summed E-state index contributed by atoms with van der Waals surface area (Å²) in [4.78, 5) is 7.17. The summed E-state index contributed by atoms with van der Waals surface area (Å²) in [6.45, 7) is 7.38. The third-order valence-corrected chi connectivity index (χ3v) is 7.42. The predicted molar refractivity (Wildman–Crippen MR) is 107 cm³/mol. The summed E-state index contributed by atoms with van der Waals surface area (Å²) in [5.41, 5.74) is 2.38. The molecule has 3 atom stereocenters. The summed E-state index contributed by atoms with van der Waals surface area (Å²) < 4.78 is 13.2. The fourth-order valence-electron chi connectivity index (χ4n) is 5.18. The van der Waals surface area contributed by atoms with Gasteiger partial charge in [0.05, 0.1) is 22.9 Å². The smallest absolute Gasteiger partial charge is 0.125 e. The molecular weight excluding hydrogens is 356 g/mol. The van der Waals surface area contributed by atoms with E-state index in [1.807, 2.05) is 0 Å². The van der Waals surface area contributed by atoms with Crippen molar-refractivity contribution in [3.8, 4) is 5.75 Å². The third-order valence-electron chi connectivity index (χ3n) is 6.60. The minimum Gasteiger partial charge on any atom is -0.486 e. The molecule has 0 aliphatic carbocycles. The number of thiazole rings is 1. The van der Waals surface area contributed by atoms with Crippen LogP contribution in [0.2, 0.25) is 0 Å². The van der Waals surface area contributed by atoms with Crippen molar-refractivity contribution < 1.29 is 9.47 Å². The molecule has 0 radical (unpaired) electrons. The van der Waals surface area contributed by atoms with E-state index < -0.39 is 0 Å². The second-order valence-electron chi connectivity index (χ2n) is 8.39. The average Bonchev–Trinajstić information content (AvgIpc) is 3.08. The Balaban J connectivity index is 1.36. The van der Waals surface area contributed by atoms with Gasteiger partial charge in [-0.05, 0) is 32.8 Å². The van der Waals surface area contributed by atoms with Gasteiger partial charge >= 0.3 is 0 Å². The number of para-hydroxylation sites is 1. The van der Waals surface area contributed by atoms with Crippen LogP contribution in [0.5, 0.6) is 5.75 Å². The number of hydrogen-bond acceptors (Lipinski definition) is 5. The molecule has 4 nitrogen and oxygen atoms in total. The summed E-state index contributed by atoms with van der Waals surface area (Å²) >= 11 is 1.74. The lowest BCUT2D eigenvalue weighted by Crippen LogP contribution is -2.57. The first-order valence-corrected chi connectivity index (χ1v) is 11.1. The van der Waals surface area contributed by atoms with Crippen molar-refractivity contribution in [1.29, 1.82) is 0 Å². The standard InChI is InChI=1S/C22H28N2O2S/c1-15-7-8-19-21(25-15)18-5-3-4-6-20(18)26-22(19)9-11-24(12-10-22)13-17-14-27-16(2)23-17/h3-6,14-15,19,21H,7-13H2,1-2H3/t15-,19+,21-/m0/s1. The van der Waals surface area contributed by atoms with Gasteiger partial charge in [-0.1, -0.05) is 18.2 Å². The van der Waals surface area contributed by atoms with Gasteiger partial charge in [0.1, 0.15) is 11.4 Å². The molecule has 1 aromatic heterocycles. The molecule has 4 heterocycles. The van der Waals surface area contributed by atoms with Crippen LogP contribution in [-0.2, 0) is 11.3 Å². The second kappa shape index (κ2) is 6.87. The van der Waals surface area contributed by atoms with E-state index in [4.69, 9.17) is 9.47 Å². The molecule has 0 N–H and O–H groups in total. The number of ether oxygens (including phenoxy) is 2. The Bertz CT molecular complexity index is 812. The third kappa shape index (κ3) is 3.20. The molecule has 2 saturated heterocycles. The number of fused-ring (bicyclic) bond motifs is 4. The first-order valence-electron chi connectivity index (χ1n) is 10.2. The Morgan fingerprint density at radius 2 is 2.04 bits per heavy atom. The van der Waals surface area contributed by atoms with Crippen LogP contribution in [-0.4, -0.2) is 34.7 Å². The van der Waals surface area contributed by atoms with E-state index in [9.17, 15) is 0 Å². The molecule has 1 spiro atoms. The van der Waals surface area contributed by atoms with Gasteiger partial charge in [0, 0.05) is 49.3 Å². The monoisotopic (exact) mass is 384 g/mol. The van der Waals surface area contributed by atoms with E-state index in [1.165, 1.54) is 17.7 Å². The van der Waals surface area contributed by atoms with Crippen molar-refractivity contribution in [2.24, 2.45) is 5.92 Å². The number of aryl methyl sites for hydroxylation is 1. The predicted octanol–water partition coefficient (Wildman–Crippen LogP) is 4.73. The largest absolute Gasteiger partial charge is 0.486 e. The lowest BCUT2D eigenvalue weighted by Gasteiger charge is -2.54. The van der Waals surface area contributed by atoms with E-state index in [2.05, 4.69) is 53.4 Å². The zero-order valence-corrected chi connectivity index (χ0v) is 17.0. The maximum Gasteiger partial charge on any atom is 0.125 e. The number of piperidine rings is 1. The van der Waals surface area contributed by atoms with Crippen LogP contribution in [0.15, 0.2) is 29.6 Å². The molecule has 144 valence electrons. The van der Waals surface area contributed by atoms with Crippen molar-refractivity contribution in [1.82, 2.24) is 9.88 Å². The molecule has 2 fully saturated rings. The highest BCUT2D eigenvalue weighted by molar-refractivity contribution is 7.09. The van der Waals surface area contributed by atoms with Gasteiger partial charge in [0.15, 0.2) is 0 Å². The molecule has 1 aromatic carbocycles. The highest BCUT2D eigenvalue weighted by Crippen LogP contribution is 2.53. The van der Waals surface area contributed by atoms with Gasteiger partial charge in [-0.15, -0.1) is 11.3 Å². The first-order chi connectivity index (χ1) is 13.1. The average molecular weight is 385 g/mol. The van der Waals surface area contributed by atoms with Crippen LogP contribution in [0.25, 0.3) is 0 Å². The van der Waals surface area contributed by atoms with Crippen LogP contribution < -0.4 is 4.74 Å². The molecular formula is C22H28N2O2S. The van der Waals surface area contributed by atoms with Crippen molar-refractivity contribution in [3.63, 3.8) is 0 Å². The normalized spacial score (nSPS) is 29.8. The van der Waals surface area contributed by atoms with Crippen LogP contribution in [0.1, 0.15) is 55.0 Å². The first kappa shape index (κ1) is 17.7. The SMILES string of the molecule is Cc1nc(CN2CCC3(CC2)Oc2ccccc2[C@@H]2O[C@@H](C)CC[C@H]23)cs1. The Morgan fingerprint density at radius 3 is 2.81 bits per heavy atom. The number of nitrogens with zero attached hydrogens (tertiary/aromatic N) is 2. The number of hydrogen-bond donors (Lipinski definition) is 0. The molecule has 5 rings (SSSR count). The molecule has 3 aliphatic heterocycles.